The van der Waals surface area contributed by atoms with Gasteiger partial charge in [0.1, 0.15) is 4.90 Å². The maximum absolute atomic E-state index is 12.4. The topological polar surface area (TPSA) is 106 Å². The van der Waals surface area contributed by atoms with Crippen molar-refractivity contribution in [3.05, 3.63) is 66.0 Å². The van der Waals surface area contributed by atoms with Crippen LogP contribution in [0.5, 0.6) is 0 Å². The Hall–Kier alpha value is -3.20. The summed E-state index contributed by atoms with van der Waals surface area (Å²) in [6, 6.07) is 16.2. The average Bonchev–Trinajstić information content (AvgIpc) is 3.10. The van der Waals surface area contributed by atoms with Gasteiger partial charge in [0.05, 0.1) is 5.69 Å². The van der Waals surface area contributed by atoms with E-state index in [2.05, 4.69) is 20.1 Å². The number of rotatable bonds is 4. The van der Waals surface area contributed by atoms with Gasteiger partial charge in [-0.2, -0.15) is 9.67 Å². The zero-order chi connectivity index (χ0) is 19.0. The SMILES string of the molecule is CC(CNC(=O)c1nc2n(n1)-c1ccccc1S(=O)(=O)N2)c1ccccc1. The van der Waals surface area contributed by atoms with E-state index in [-0.39, 0.29) is 22.6 Å². The third-order valence-corrected chi connectivity index (χ3v) is 5.73. The fraction of sp³-hybridized carbons (Fsp3) is 0.167. The summed E-state index contributed by atoms with van der Waals surface area (Å²) in [5.41, 5.74) is 1.46. The van der Waals surface area contributed by atoms with Gasteiger partial charge in [0, 0.05) is 6.54 Å². The maximum atomic E-state index is 12.4. The molecule has 1 amide bonds. The number of aromatic nitrogens is 3. The van der Waals surface area contributed by atoms with Crippen LogP contribution in [0.4, 0.5) is 5.95 Å². The van der Waals surface area contributed by atoms with Gasteiger partial charge in [-0.25, -0.2) is 13.1 Å². The van der Waals surface area contributed by atoms with E-state index in [0.29, 0.717) is 12.2 Å². The minimum Gasteiger partial charge on any atom is -0.349 e. The van der Waals surface area contributed by atoms with E-state index in [1.54, 1.807) is 18.2 Å². The summed E-state index contributed by atoms with van der Waals surface area (Å²) < 4.78 is 28.3. The average molecular weight is 383 g/mol. The lowest BCUT2D eigenvalue weighted by Crippen LogP contribution is -2.28. The van der Waals surface area contributed by atoms with Crippen LogP contribution in [-0.4, -0.2) is 35.6 Å². The summed E-state index contributed by atoms with van der Waals surface area (Å²) >= 11 is 0. The van der Waals surface area contributed by atoms with E-state index < -0.39 is 15.9 Å². The monoisotopic (exact) mass is 383 g/mol. The van der Waals surface area contributed by atoms with Crippen molar-refractivity contribution in [2.24, 2.45) is 0 Å². The molecule has 0 aliphatic carbocycles. The summed E-state index contributed by atoms with van der Waals surface area (Å²) in [5, 5.41) is 6.97. The number of nitrogens with zero attached hydrogens (tertiary/aromatic N) is 3. The number of hydrogen-bond acceptors (Lipinski definition) is 5. The summed E-state index contributed by atoms with van der Waals surface area (Å²) in [6.45, 7) is 2.42. The van der Waals surface area contributed by atoms with Crippen molar-refractivity contribution in [1.82, 2.24) is 20.1 Å². The molecule has 2 N–H and O–H groups in total. The molecule has 1 unspecified atom stereocenters. The molecule has 1 aromatic heterocycles. The second kappa shape index (κ2) is 6.51. The fourth-order valence-electron chi connectivity index (χ4n) is 2.90. The second-order valence-electron chi connectivity index (χ2n) is 6.27. The molecule has 8 nitrogen and oxygen atoms in total. The smallest absolute Gasteiger partial charge is 0.291 e. The van der Waals surface area contributed by atoms with Crippen LogP contribution in [0.15, 0.2) is 59.5 Å². The molecule has 3 aromatic rings. The molecule has 27 heavy (non-hydrogen) atoms. The quantitative estimate of drug-likeness (QED) is 0.716. The van der Waals surface area contributed by atoms with Crippen molar-refractivity contribution in [2.75, 3.05) is 11.3 Å². The molecule has 0 spiro atoms. The number of hydrogen-bond donors (Lipinski definition) is 2. The van der Waals surface area contributed by atoms with Crippen molar-refractivity contribution < 1.29 is 13.2 Å². The van der Waals surface area contributed by atoms with Gasteiger partial charge in [-0.1, -0.05) is 49.4 Å². The number of benzene rings is 2. The number of sulfonamides is 1. The van der Waals surface area contributed by atoms with Gasteiger partial charge >= 0.3 is 0 Å². The lowest BCUT2D eigenvalue weighted by molar-refractivity contribution is 0.0941. The first-order chi connectivity index (χ1) is 13.0. The van der Waals surface area contributed by atoms with Gasteiger partial charge in [-0.3, -0.25) is 4.79 Å². The predicted octanol–water partition coefficient (Wildman–Crippen LogP) is 1.92. The van der Waals surface area contributed by atoms with E-state index in [1.807, 2.05) is 37.3 Å². The Kier molecular flexibility index (Phi) is 4.15. The minimum absolute atomic E-state index is 0.00467. The van der Waals surface area contributed by atoms with Crippen molar-refractivity contribution >= 4 is 21.9 Å². The highest BCUT2D eigenvalue weighted by atomic mass is 32.2. The van der Waals surface area contributed by atoms with Gasteiger partial charge in [0.15, 0.2) is 0 Å². The number of amides is 1. The molecule has 2 aromatic carbocycles. The first kappa shape index (κ1) is 17.2. The van der Waals surface area contributed by atoms with Crippen LogP contribution in [-0.2, 0) is 10.0 Å². The third-order valence-electron chi connectivity index (χ3n) is 4.36. The highest BCUT2D eigenvalue weighted by Crippen LogP contribution is 2.29. The second-order valence-corrected chi connectivity index (χ2v) is 7.92. The van der Waals surface area contributed by atoms with Crippen LogP contribution in [0, 0.1) is 0 Å². The Morgan fingerprint density at radius 1 is 1.15 bits per heavy atom. The van der Waals surface area contributed by atoms with Crippen LogP contribution in [0.3, 0.4) is 0 Å². The molecule has 9 heteroatoms. The molecule has 0 saturated carbocycles. The van der Waals surface area contributed by atoms with Crippen molar-refractivity contribution in [1.29, 1.82) is 0 Å². The number of anilines is 1. The van der Waals surface area contributed by atoms with Crippen LogP contribution in [0.1, 0.15) is 29.0 Å². The predicted molar refractivity (Wildman–Crippen MR) is 99.4 cm³/mol. The van der Waals surface area contributed by atoms with E-state index in [4.69, 9.17) is 0 Å². The molecule has 1 atom stereocenters. The first-order valence-electron chi connectivity index (χ1n) is 8.38. The number of nitrogens with one attached hydrogen (secondary N) is 2. The lowest BCUT2D eigenvalue weighted by Gasteiger charge is -2.17. The Balaban J connectivity index is 1.56. The summed E-state index contributed by atoms with van der Waals surface area (Å²) in [5.74, 6) is -0.442. The Labute approximate surface area is 156 Å². The highest BCUT2D eigenvalue weighted by molar-refractivity contribution is 7.92. The number of carbonyl (C=O) groups is 1. The van der Waals surface area contributed by atoms with Gasteiger partial charge in [0.25, 0.3) is 15.9 Å². The molecule has 138 valence electrons. The summed E-state index contributed by atoms with van der Waals surface area (Å²) in [6.07, 6.45) is 0. The number of carbonyl (C=O) groups excluding carboxylic acids is 1. The number of fused-ring (bicyclic) bond motifs is 3. The zero-order valence-corrected chi connectivity index (χ0v) is 15.3. The fourth-order valence-corrected chi connectivity index (χ4v) is 4.07. The van der Waals surface area contributed by atoms with E-state index in [1.165, 1.54) is 10.7 Å². The molecule has 4 rings (SSSR count). The van der Waals surface area contributed by atoms with Gasteiger partial charge in [-0.15, -0.1) is 5.10 Å². The lowest BCUT2D eigenvalue weighted by atomic mass is 10.0. The van der Waals surface area contributed by atoms with Crippen molar-refractivity contribution in [2.45, 2.75) is 17.7 Å². The summed E-state index contributed by atoms with van der Waals surface area (Å²) in [4.78, 5) is 16.6. The molecule has 0 radical (unpaired) electrons. The Morgan fingerprint density at radius 3 is 2.63 bits per heavy atom. The minimum atomic E-state index is -3.73. The van der Waals surface area contributed by atoms with Gasteiger partial charge in [0.2, 0.25) is 11.8 Å². The normalized spacial score (nSPS) is 15.1. The molecule has 1 aliphatic rings. The van der Waals surface area contributed by atoms with Crippen molar-refractivity contribution in [3.8, 4) is 5.69 Å². The van der Waals surface area contributed by atoms with Crippen LogP contribution < -0.4 is 10.0 Å². The van der Waals surface area contributed by atoms with Crippen LogP contribution in [0.25, 0.3) is 5.69 Å². The maximum Gasteiger partial charge on any atom is 0.291 e. The largest absolute Gasteiger partial charge is 0.349 e. The Morgan fingerprint density at radius 2 is 1.85 bits per heavy atom. The molecular formula is C18H17N5O3S. The van der Waals surface area contributed by atoms with Crippen LogP contribution >= 0.6 is 0 Å². The summed E-state index contributed by atoms with van der Waals surface area (Å²) in [7, 11) is -3.73. The van der Waals surface area contributed by atoms with E-state index >= 15 is 0 Å². The molecule has 0 saturated heterocycles. The zero-order valence-electron chi connectivity index (χ0n) is 14.5. The molecule has 2 heterocycles. The third kappa shape index (κ3) is 3.17. The molecule has 1 aliphatic heterocycles. The van der Waals surface area contributed by atoms with Gasteiger partial charge < -0.3 is 5.32 Å². The van der Waals surface area contributed by atoms with Gasteiger partial charge in [-0.05, 0) is 23.6 Å². The van der Waals surface area contributed by atoms with Crippen LogP contribution in [0.2, 0.25) is 0 Å². The molecular weight excluding hydrogens is 366 g/mol. The highest BCUT2D eigenvalue weighted by Gasteiger charge is 2.30. The standard InChI is InChI=1S/C18H17N5O3S/c1-12(13-7-3-2-4-8-13)11-19-17(24)16-20-18-22-27(25,26)15-10-6-5-9-14(15)23(18)21-16/h2-10,12H,11H2,1H3,(H,19,24)(H,20,21,22). The first-order valence-corrected chi connectivity index (χ1v) is 9.86. The van der Waals surface area contributed by atoms with E-state index in [0.717, 1.165) is 5.56 Å². The Bertz CT molecular complexity index is 1110. The van der Waals surface area contributed by atoms with Crippen molar-refractivity contribution in [3.63, 3.8) is 0 Å². The molecule has 0 fully saturated rings. The van der Waals surface area contributed by atoms with E-state index in [9.17, 15) is 13.2 Å². The number of para-hydroxylation sites is 1. The molecule has 0 bridgehead atoms.